The van der Waals surface area contributed by atoms with Crippen molar-refractivity contribution >= 4 is 21.5 Å². The average molecular weight is 347 g/mol. The van der Waals surface area contributed by atoms with Crippen LogP contribution in [0, 0.1) is 20.8 Å². The molecular weight excluding hydrogens is 326 g/mol. The van der Waals surface area contributed by atoms with E-state index in [2.05, 4.69) is 11.0 Å². The van der Waals surface area contributed by atoms with Crippen molar-refractivity contribution in [2.24, 2.45) is 0 Å². The topological polar surface area (TPSA) is 66.8 Å². The zero-order valence-corrected chi connectivity index (χ0v) is 14.9. The van der Waals surface area contributed by atoms with E-state index in [-0.39, 0.29) is 5.75 Å². The third-order valence-electron chi connectivity index (χ3n) is 4.09. The molecule has 1 heterocycles. The molecule has 0 saturated carbocycles. The quantitative estimate of drug-likeness (QED) is 0.842. The standard InChI is InChI=1S/C18H21NO4S/c1-12-5-6-16-15(10-12)19(7-4-8-24(20,21)22)18-14(3)9-13(2)11-17(18)23-16/h5-6,9-11H,4,7-8H2,1-3H3,(H,20,21,22). The Kier molecular flexibility index (Phi) is 4.27. The second-order valence-electron chi connectivity index (χ2n) is 6.29. The highest BCUT2D eigenvalue weighted by Gasteiger charge is 2.26. The van der Waals surface area contributed by atoms with Gasteiger partial charge in [0.05, 0.1) is 17.1 Å². The SMILES string of the molecule is Cc1cc(C)c2c(c1)Oc1ccc(C)cc1N2CCCS(=O)(=O)O. The zero-order chi connectivity index (χ0) is 17.5. The molecular formula is C18H21NO4S. The number of hydrogen-bond acceptors (Lipinski definition) is 4. The zero-order valence-electron chi connectivity index (χ0n) is 14.0. The van der Waals surface area contributed by atoms with E-state index in [1.807, 2.05) is 45.0 Å². The molecule has 0 fully saturated rings. The molecule has 6 heteroatoms. The monoisotopic (exact) mass is 347 g/mol. The van der Waals surface area contributed by atoms with E-state index in [9.17, 15) is 8.42 Å². The van der Waals surface area contributed by atoms with Crippen molar-refractivity contribution in [1.82, 2.24) is 0 Å². The van der Waals surface area contributed by atoms with E-state index in [0.717, 1.165) is 39.6 Å². The van der Waals surface area contributed by atoms with E-state index in [1.54, 1.807) is 0 Å². The molecule has 1 N–H and O–H groups in total. The van der Waals surface area contributed by atoms with Gasteiger partial charge in [0.15, 0.2) is 11.5 Å². The maximum absolute atomic E-state index is 11.0. The molecule has 5 nitrogen and oxygen atoms in total. The van der Waals surface area contributed by atoms with Crippen molar-refractivity contribution in [3.8, 4) is 11.5 Å². The molecule has 3 rings (SSSR count). The van der Waals surface area contributed by atoms with Crippen LogP contribution >= 0.6 is 0 Å². The number of hydrogen-bond donors (Lipinski definition) is 1. The number of aryl methyl sites for hydroxylation is 3. The first-order chi connectivity index (χ1) is 11.2. The summed E-state index contributed by atoms with van der Waals surface area (Å²) in [6.07, 6.45) is 0.332. The van der Waals surface area contributed by atoms with Crippen molar-refractivity contribution in [3.05, 3.63) is 47.0 Å². The average Bonchev–Trinajstić information content (AvgIpc) is 2.45. The van der Waals surface area contributed by atoms with E-state index in [1.165, 1.54) is 0 Å². The van der Waals surface area contributed by atoms with Crippen LogP contribution in [0.3, 0.4) is 0 Å². The van der Waals surface area contributed by atoms with Crippen LogP contribution in [0.5, 0.6) is 11.5 Å². The van der Waals surface area contributed by atoms with Gasteiger partial charge in [0, 0.05) is 6.54 Å². The predicted octanol–water partition coefficient (Wildman–Crippen LogP) is 4.13. The highest BCUT2D eigenvalue weighted by atomic mass is 32.2. The van der Waals surface area contributed by atoms with Crippen LogP contribution in [0.4, 0.5) is 11.4 Å². The summed E-state index contributed by atoms with van der Waals surface area (Å²) in [6, 6.07) is 10.0. The van der Waals surface area contributed by atoms with Crippen molar-refractivity contribution < 1.29 is 17.7 Å². The van der Waals surface area contributed by atoms with Gasteiger partial charge >= 0.3 is 0 Å². The van der Waals surface area contributed by atoms with Gasteiger partial charge in [-0.25, -0.2) is 0 Å². The molecule has 1 aliphatic rings. The number of anilines is 2. The maximum atomic E-state index is 11.0. The van der Waals surface area contributed by atoms with Gasteiger partial charge in [-0.2, -0.15) is 8.42 Å². The van der Waals surface area contributed by atoms with Gasteiger partial charge in [-0.05, 0) is 62.1 Å². The summed E-state index contributed by atoms with van der Waals surface area (Å²) in [5.41, 5.74) is 5.16. The van der Waals surface area contributed by atoms with E-state index >= 15 is 0 Å². The lowest BCUT2D eigenvalue weighted by Crippen LogP contribution is -2.25. The highest BCUT2D eigenvalue weighted by molar-refractivity contribution is 7.85. The molecule has 0 radical (unpaired) electrons. The number of ether oxygens (including phenoxy) is 1. The summed E-state index contributed by atoms with van der Waals surface area (Å²) in [7, 11) is -3.96. The number of benzene rings is 2. The van der Waals surface area contributed by atoms with Gasteiger partial charge < -0.3 is 9.64 Å². The minimum Gasteiger partial charge on any atom is -0.453 e. The fraction of sp³-hybridized carbons (Fsp3) is 0.333. The van der Waals surface area contributed by atoms with Crippen molar-refractivity contribution in [2.75, 3.05) is 17.2 Å². The first-order valence-electron chi connectivity index (χ1n) is 7.87. The maximum Gasteiger partial charge on any atom is 0.264 e. The molecule has 0 aliphatic carbocycles. The number of fused-ring (bicyclic) bond motifs is 2. The molecule has 0 spiro atoms. The first kappa shape index (κ1) is 16.8. The molecule has 2 aromatic carbocycles. The molecule has 0 amide bonds. The Bertz CT molecular complexity index is 890. The van der Waals surface area contributed by atoms with Crippen LogP contribution in [-0.4, -0.2) is 25.3 Å². The van der Waals surface area contributed by atoms with Gasteiger partial charge in [-0.15, -0.1) is 0 Å². The summed E-state index contributed by atoms with van der Waals surface area (Å²) in [4.78, 5) is 2.08. The summed E-state index contributed by atoms with van der Waals surface area (Å²) in [6.45, 7) is 6.53. The molecule has 0 unspecified atom stereocenters. The molecule has 0 saturated heterocycles. The lowest BCUT2D eigenvalue weighted by Gasteiger charge is -2.34. The first-order valence-corrected chi connectivity index (χ1v) is 9.48. The molecule has 0 bridgehead atoms. The predicted molar refractivity (Wildman–Crippen MR) is 95.2 cm³/mol. The Labute approximate surface area is 142 Å². The second kappa shape index (κ2) is 6.11. The van der Waals surface area contributed by atoms with E-state index in [0.29, 0.717) is 13.0 Å². The largest absolute Gasteiger partial charge is 0.453 e. The number of nitrogens with zero attached hydrogens (tertiary/aromatic N) is 1. The smallest absolute Gasteiger partial charge is 0.264 e. The fourth-order valence-electron chi connectivity index (χ4n) is 3.15. The van der Waals surface area contributed by atoms with Gasteiger partial charge in [0.2, 0.25) is 0 Å². The Morgan fingerprint density at radius 3 is 2.50 bits per heavy atom. The van der Waals surface area contributed by atoms with E-state index < -0.39 is 10.1 Å². The second-order valence-corrected chi connectivity index (χ2v) is 7.87. The third-order valence-corrected chi connectivity index (χ3v) is 4.89. The van der Waals surface area contributed by atoms with E-state index in [4.69, 9.17) is 9.29 Å². The van der Waals surface area contributed by atoms with Gasteiger partial charge in [0.25, 0.3) is 10.1 Å². The summed E-state index contributed by atoms with van der Waals surface area (Å²) >= 11 is 0. The van der Waals surface area contributed by atoms with Gasteiger partial charge in [-0.3, -0.25) is 4.55 Å². The van der Waals surface area contributed by atoms with Crippen molar-refractivity contribution in [2.45, 2.75) is 27.2 Å². The normalized spacial score (nSPS) is 13.2. The van der Waals surface area contributed by atoms with Crippen molar-refractivity contribution in [1.29, 1.82) is 0 Å². The summed E-state index contributed by atoms with van der Waals surface area (Å²) in [5, 5.41) is 0. The van der Waals surface area contributed by atoms with Crippen LogP contribution in [0.2, 0.25) is 0 Å². The fourth-order valence-corrected chi connectivity index (χ4v) is 3.64. The third kappa shape index (κ3) is 3.39. The molecule has 2 aromatic rings. The minimum atomic E-state index is -3.96. The Hall–Kier alpha value is -2.05. The van der Waals surface area contributed by atoms with Crippen molar-refractivity contribution in [3.63, 3.8) is 0 Å². The summed E-state index contributed by atoms with van der Waals surface area (Å²) in [5.74, 6) is 1.27. The molecule has 128 valence electrons. The lowest BCUT2D eigenvalue weighted by atomic mass is 10.0. The van der Waals surface area contributed by atoms with Crippen LogP contribution < -0.4 is 9.64 Å². The molecule has 24 heavy (non-hydrogen) atoms. The Morgan fingerprint density at radius 2 is 1.79 bits per heavy atom. The van der Waals surface area contributed by atoms with Crippen LogP contribution in [0.1, 0.15) is 23.1 Å². The van der Waals surface area contributed by atoms with Crippen LogP contribution in [0.15, 0.2) is 30.3 Å². The highest BCUT2D eigenvalue weighted by Crippen LogP contribution is 2.48. The van der Waals surface area contributed by atoms with Crippen LogP contribution in [-0.2, 0) is 10.1 Å². The molecule has 1 aliphatic heterocycles. The Balaban J connectivity index is 2.04. The Morgan fingerprint density at radius 1 is 1.04 bits per heavy atom. The van der Waals surface area contributed by atoms with Gasteiger partial charge in [-0.1, -0.05) is 12.1 Å². The van der Waals surface area contributed by atoms with Crippen LogP contribution in [0.25, 0.3) is 0 Å². The number of rotatable bonds is 4. The molecule has 0 aromatic heterocycles. The lowest BCUT2D eigenvalue weighted by molar-refractivity contribution is 0.470. The minimum absolute atomic E-state index is 0.258. The summed E-state index contributed by atoms with van der Waals surface area (Å²) < 4.78 is 37.1. The van der Waals surface area contributed by atoms with Gasteiger partial charge in [0.1, 0.15) is 0 Å². The molecule has 0 atom stereocenters.